The van der Waals surface area contributed by atoms with Crippen LogP contribution in [0.1, 0.15) is 41.2 Å². The molecule has 6 nitrogen and oxygen atoms in total. The smallest absolute Gasteiger partial charge is 0.306 e. The highest BCUT2D eigenvalue weighted by atomic mass is 16.4. The average molecular weight is 301 g/mol. The number of nitrogens with zero attached hydrogens (tertiary/aromatic N) is 2. The number of carbonyl (C=O) groups is 1. The molecular formula is C16H19N3O3. The quantitative estimate of drug-likeness (QED) is 0.798. The Morgan fingerprint density at radius 2 is 2.05 bits per heavy atom. The molecule has 0 atom stereocenters. The zero-order valence-electron chi connectivity index (χ0n) is 12.6. The van der Waals surface area contributed by atoms with Crippen LogP contribution in [0.25, 0.3) is 0 Å². The first kappa shape index (κ1) is 14.7. The SMILES string of the molecule is Cc1cc(Cc2cc(C)[nH]n2)nc(C2(O)CC(C(=O)O)C2)c1. The summed E-state index contributed by atoms with van der Waals surface area (Å²) < 4.78 is 0. The van der Waals surface area contributed by atoms with Crippen molar-refractivity contribution in [3.8, 4) is 0 Å². The van der Waals surface area contributed by atoms with E-state index in [0.717, 1.165) is 22.6 Å². The fourth-order valence-corrected chi connectivity index (χ4v) is 2.96. The number of H-pyrrole nitrogens is 1. The van der Waals surface area contributed by atoms with Crippen molar-refractivity contribution in [3.05, 3.63) is 46.5 Å². The Morgan fingerprint density at radius 3 is 2.64 bits per heavy atom. The number of aryl methyl sites for hydroxylation is 2. The molecule has 0 unspecified atom stereocenters. The summed E-state index contributed by atoms with van der Waals surface area (Å²) in [6, 6.07) is 5.75. The van der Waals surface area contributed by atoms with Crippen LogP contribution in [0.5, 0.6) is 0 Å². The number of hydrogen-bond acceptors (Lipinski definition) is 4. The van der Waals surface area contributed by atoms with E-state index < -0.39 is 17.5 Å². The van der Waals surface area contributed by atoms with Crippen molar-refractivity contribution in [2.75, 3.05) is 0 Å². The van der Waals surface area contributed by atoms with Gasteiger partial charge < -0.3 is 10.2 Å². The van der Waals surface area contributed by atoms with Crippen molar-refractivity contribution in [1.29, 1.82) is 0 Å². The van der Waals surface area contributed by atoms with E-state index in [1.54, 1.807) is 0 Å². The minimum atomic E-state index is -1.12. The first-order chi connectivity index (χ1) is 10.4. The standard InChI is InChI=1S/C16H19N3O3/c1-9-3-12(6-13-5-10(2)18-19-13)17-14(4-9)16(22)7-11(8-16)15(20)21/h3-5,11,22H,6-8H2,1-2H3,(H,18,19)(H,20,21). The summed E-state index contributed by atoms with van der Waals surface area (Å²) in [6.45, 7) is 3.88. The zero-order valence-corrected chi connectivity index (χ0v) is 12.6. The average Bonchev–Trinajstić information content (AvgIpc) is 2.79. The number of carboxylic acids is 1. The van der Waals surface area contributed by atoms with Crippen LogP contribution in [0.2, 0.25) is 0 Å². The number of aromatic amines is 1. The Balaban J connectivity index is 1.83. The van der Waals surface area contributed by atoms with Gasteiger partial charge in [-0.05, 0) is 50.5 Å². The number of aliphatic hydroxyl groups is 1. The molecule has 0 amide bonds. The van der Waals surface area contributed by atoms with E-state index in [9.17, 15) is 9.90 Å². The second-order valence-corrected chi connectivity index (χ2v) is 6.22. The van der Waals surface area contributed by atoms with Crippen LogP contribution in [-0.4, -0.2) is 31.4 Å². The molecule has 0 bridgehead atoms. The van der Waals surface area contributed by atoms with Crippen molar-refractivity contribution < 1.29 is 15.0 Å². The summed E-state index contributed by atoms with van der Waals surface area (Å²) in [5.41, 5.74) is 3.15. The third-order valence-electron chi connectivity index (χ3n) is 4.14. The highest BCUT2D eigenvalue weighted by Gasteiger charge is 2.48. The minimum Gasteiger partial charge on any atom is -0.481 e. The largest absolute Gasteiger partial charge is 0.481 e. The molecule has 0 aromatic carbocycles. The number of nitrogens with one attached hydrogen (secondary N) is 1. The molecule has 3 rings (SSSR count). The van der Waals surface area contributed by atoms with Crippen molar-refractivity contribution in [2.45, 2.75) is 38.7 Å². The molecular weight excluding hydrogens is 282 g/mol. The third kappa shape index (κ3) is 2.74. The molecule has 0 radical (unpaired) electrons. The van der Waals surface area contributed by atoms with E-state index >= 15 is 0 Å². The predicted molar refractivity (Wildman–Crippen MR) is 79.4 cm³/mol. The Hall–Kier alpha value is -2.21. The summed E-state index contributed by atoms with van der Waals surface area (Å²) in [5.74, 6) is -1.34. The number of pyridine rings is 1. The van der Waals surface area contributed by atoms with Crippen LogP contribution in [0.15, 0.2) is 18.2 Å². The fraction of sp³-hybridized carbons (Fsp3) is 0.438. The number of carboxylic acid groups (broad SMARTS) is 1. The molecule has 0 aliphatic heterocycles. The minimum absolute atomic E-state index is 0.222. The Morgan fingerprint density at radius 1 is 1.32 bits per heavy atom. The maximum Gasteiger partial charge on any atom is 0.306 e. The van der Waals surface area contributed by atoms with Crippen LogP contribution in [-0.2, 0) is 16.8 Å². The number of aromatic nitrogens is 3. The maximum absolute atomic E-state index is 10.9. The van der Waals surface area contributed by atoms with E-state index in [1.807, 2.05) is 32.0 Å². The molecule has 0 saturated heterocycles. The second-order valence-electron chi connectivity index (χ2n) is 6.22. The van der Waals surface area contributed by atoms with Crippen molar-refractivity contribution in [1.82, 2.24) is 15.2 Å². The molecule has 2 heterocycles. The highest BCUT2D eigenvalue weighted by Crippen LogP contribution is 2.45. The highest BCUT2D eigenvalue weighted by molar-refractivity contribution is 5.71. The lowest BCUT2D eigenvalue weighted by molar-refractivity contribution is -0.160. The van der Waals surface area contributed by atoms with Gasteiger partial charge in [0.2, 0.25) is 0 Å². The monoisotopic (exact) mass is 301 g/mol. The van der Waals surface area contributed by atoms with Crippen LogP contribution < -0.4 is 0 Å². The van der Waals surface area contributed by atoms with E-state index in [-0.39, 0.29) is 12.8 Å². The number of hydrogen-bond donors (Lipinski definition) is 3. The molecule has 3 N–H and O–H groups in total. The molecule has 1 fully saturated rings. The normalized spacial score (nSPS) is 24.0. The Labute approximate surface area is 128 Å². The van der Waals surface area contributed by atoms with Gasteiger partial charge in [0.1, 0.15) is 5.60 Å². The van der Waals surface area contributed by atoms with E-state index in [1.165, 1.54) is 0 Å². The Kier molecular flexibility index (Phi) is 3.48. The fourth-order valence-electron chi connectivity index (χ4n) is 2.96. The topological polar surface area (TPSA) is 99.1 Å². The number of rotatable bonds is 4. The summed E-state index contributed by atoms with van der Waals surface area (Å²) in [5, 5.41) is 26.6. The predicted octanol–water partition coefficient (Wildman–Crippen LogP) is 1.69. The third-order valence-corrected chi connectivity index (χ3v) is 4.14. The van der Waals surface area contributed by atoms with Gasteiger partial charge in [0.15, 0.2) is 0 Å². The van der Waals surface area contributed by atoms with Gasteiger partial charge >= 0.3 is 5.97 Å². The lowest BCUT2D eigenvalue weighted by Crippen LogP contribution is -2.45. The van der Waals surface area contributed by atoms with Gasteiger partial charge in [-0.1, -0.05) is 0 Å². The molecule has 22 heavy (non-hydrogen) atoms. The molecule has 1 saturated carbocycles. The van der Waals surface area contributed by atoms with Gasteiger partial charge in [-0.15, -0.1) is 0 Å². The summed E-state index contributed by atoms with van der Waals surface area (Å²) in [6.07, 6.45) is 1.02. The van der Waals surface area contributed by atoms with Gasteiger partial charge in [0.25, 0.3) is 0 Å². The van der Waals surface area contributed by atoms with Crippen LogP contribution in [0.4, 0.5) is 0 Å². The second kappa shape index (κ2) is 5.21. The summed E-state index contributed by atoms with van der Waals surface area (Å²) in [4.78, 5) is 15.5. The first-order valence-electron chi connectivity index (χ1n) is 7.30. The number of aliphatic carboxylic acids is 1. The van der Waals surface area contributed by atoms with E-state index in [0.29, 0.717) is 12.1 Å². The van der Waals surface area contributed by atoms with E-state index in [2.05, 4.69) is 15.2 Å². The van der Waals surface area contributed by atoms with Crippen LogP contribution in [0.3, 0.4) is 0 Å². The maximum atomic E-state index is 10.9. The van der Waals surface area contributed by atoms with Crippen molar-refractivity contribution in [3.63, 3.8) is 0 Å². The molecule has 2 aromatic rings. The van der Waals surface area contributed by atoms with Crippen molar-refractivity contribution >= 4 is 5.97 Å². The van der Waals surface area contributed by atoms with Gasteiger partial charge in [0, 0.05) is 17.8 Å². The molecule has 6 heteroatoms. The zero-order chi connectivity index (χ0) is 15.9. The molecule has 1 aliphatic rings. The Bertz CT molecular complexity index is 717. The van der Waals surface area contributed by atoms with E-state index in [4.69, 9.17) is 5.11 Å². The molecule has 2 aromatic heterocycles. The van der Waals surface area contributed by atoms with Crippen LogP contribution >= 0.6 is 0 Å². The summed E-state index contributed by atoms with van der Waals surface area (Å²) >= 11 is 0. The van der Waals surface area contributed by atoms with Gasteiger partial charge in [-0.25, -0.2) is 0 Å². The molecule has 1 aliphatic carbocycles. The lowest BCUT2D eigenvalue weighted by atomic mass is 9.69. The first-order valence-corrected chi connectivity index (χ1v) is 7.30. The van der Waals surface area contributed by atoms with Crippen LogP contribution in [0, 0.1) is 19.8 Å². The van der Waals surface area contributed by atoms with Gasteiger partial charge in [-0.2, -0.15) is 5.10 Å². The van der Waals surface area contributed by atoms with Gasteiger partial charge in [0.05, 0.1) is 17.3 Å². The summed E-state index contributed by atoms with van der Waals surface area (Å²) in [7, 11) is 0. The van der Waals surface area contributed by atoms with Gasteiger partial charge in [-0.3, -0.25) is 14.9 Å². The van der Waals surface area contributed by atoms with Crippen molar-refractivity contribution in [2.24, 2.45) is 5.92 Å². The lowest BCUT2D eigenvalue weighted by Gasteiger charge is -2.41. The molecule has 0 spiro atoms. The molecule has 116 valence electrons.